The van der Waals surface area contributed by atoms with Gasteiger partial charge in [0.2, 0.25) is 10.0 Å². The molecule has 0 aliphatic rings. The number of primary sulfonamides is 1. The Morgan fingerprint density at radius 3 is 2.22 bits per heavy atom. The summed E-state index contributed by atoms with van der Waals surface area (Å²) in [4.78, 5) is 12.4. The summed E-state index contributed by atoms with van der Waals surface area (Å²) in [6, 6.07) is 11.5. The molecule has 0 saturated heterocycles. The van der Waals surface area contributed by atoms with Gasteiger partial charge in [-0.3, -0.25) is 0 Å². The van der Waals surface area contributed by atoms with Gasteiger partial charge in [-0.15, -0.1) is 0 Å². The maximum absolute atomic E-state index is 12.3. The molecule has 2 amide bonds. The minimum Gasteiger partial charge on any atom is -0.490 e. The van der Waals surface area contributed by atoms with Crippen molar-refractivity contribution in [1.82, 2.24) is 10.6 Å². The number of nitrogens with one attached hydrogen (secondary N) is 2. The average Bonchev–Trinajstić information content (AvgIpc) is 2.76. The Morgan fingerprint density at radius 1 is 1.00 bits per heavy atom. The van der Waals surface area contributed by atoms with E-state index in [1.807, 2.05) is 39.0 Å². The first-order valence-corrected chi connectivity index (χ1v) is 12.3. The Morgan fingerprint density at radius 2 is 1.62 bits per heavy atom. The van der Waals surface area contributed by atoms with Gasteiger partial charge in [0, 0.05) is 6.54 Å². The molecule has 4 N–H and O–H groups in total. The minimum atomic E-state index is -3.71. The normalized spacial score (nSPS) is 12.1. The van der Waals surface area contributed by atoms with Crippen LogP contribution in [0.15, 0.2) is 47.4 Å². The molecule has 2 rings (SSSR count). The van der Waals surface area contributed by atoms with Crippen molar-refractivity contribution in [3.05, 3.63) is 53.6 Å². The summed E-state index contributed by atoms with van der Waals surface area (Å²) >= 11 is 0. The van der Waals surface area contributed by atoms with E-state index in [1.165, 1.54) is 12.1 Å². The lowest BCUT2D eigenvalue weighted by Crippen LogP contribution is -2.38. The molecule has 0 unspecified atom stereocenters. The summed E-state index contributed by atoms with van der Waals surface area (Å²) in [6.45, 7) is 7.60. The van der Waals surface area contributed by atoms with Crippen molar-refractivity contribution in [2.75, 3.05) is 19.8 Å². The third kappa shape index (κ3) is 8.05. The predicted octanol–water partition coefficient (Wildman–Crippen LogP) is 3.51. The van der Waals surface area contributed by atoms with Gasteiger partial charge in [0.15, 0.2) is 11.5 Å². The maximum atomic E-state index is 12.3. The van der Waals surface area contributed by atoms with Gasteiger partial charge < -0.3 is 20.1 Å². The lowest BCUT2D eigenvalue weighted by Gasteiger charge is -2.18. The third-order valence-electron chi connectivity index (χ3n) is 4.69. The van der Waals surface area contributed by atoms with Crippen molar-refractivity contribution in [3.8, 4) is 11.5 Å². The number of hydrogen-bond donors (Lipinski definition) is 3. The fraction of sp³-hybridized carbons (Fsp3) is 0.435. The molecular weight excluding hydrogens is 430 g/mol. The summed E-state index contributed by atoms with van der Waals surface area (Å²) in [6.07, 6.45) is 2.35. The number of ether oxygens (including phenoxy) is 2. The van der Waals surface area contributed by atoms with E-state index in [1.54, 1.807) is 12.1 Å². The number of benzene rings is 2. The van der Waals surface area contributed by atoms with E-state index in [2.05, 4.69) is 10.6 Å². The molecule has 1 atom stereocenters. The molecule has 0 aromatic heterocycles. The fourth-order valence-electron chi connectivity index (χ4n) is 2.95. The molecule has 32 heavy (non-hydrogen) atoms. The molecule has 176 valence electrons. The number of carbonyl (C=O) groups excluding carboxylic acids is 1. The number of carbonyl (C=O) groups is 1. The number of nitrogens with two attached hydrogens (primary N) is 1. The van der Waals surface area contributed by atoms with Crippen LogP contribution < -0.4 is 25.2 Å². The van der Waals surface area contributed by atoms with Crippen LogP contribution in [0.3, 0.4) is 0 Å². The Balaban J connectivity index is 1.89. The molecule has 0 heterocycles. The highest BCUT2D eigenvalue weighted by Crippen LogP contribution is 2.31. The van der Waals surface area contributed by atoms with Crippen LogP contribution >= 0.6 is 0 Å². The number of urea groups is 1. The molecule has 0 bridgehead atoms. The zero-order valence-electron chi connectivity index (χ0n) is 18.9. The highest BCUT2D eigenvalue weighted by atomic mass is 32.2. The first-order chi connectivity index (χ1) is 15.2. The van der Waals surface area contributed by atoms with E-state index < -0.39 is 10.0 Å². The van der Waals surface area contributed by atoms with Gasteiger partial charge in [-0.2, -0.15) is 0 Å². The van der Waals surface area contributed by atoms with Crippen molar-refractivity contribution in [1.29, 1.82) is 0 Å². The van der Waals surface area contributed by atoms with Gasteiger partial charge in [0.25, 0.3) is 0 Å². The molecule has 0 aliphatic carbocycles. The van der Waals surface area contributed by atoms with Gasteiger partial charge in [-0.25, -0.2) is 18.4 Å². The molecule has 8 nitrogen and oxygen atoms in total. The smallest absolute Gasteiger partial charge is 0.315 e. The van der Waals surface area contributed by atoms with Crippen LogP contribution in [0.5, 0.6) is 11.5 Å². The SMILES string of the molecule is CCCOc1ccc([C@H](C)NC(=O)NCCc2ccc(S(N)(=O)=O)cc2)cc1OCCC. The summed E-state index contributed by atoms with van der Waals surface area (Å²) in [5.41, 5.74) is 1.81. The van der Waals surface area contributed by atoms with E-state index in [4.69, 9.17) is 14.6 Å². The standard InChI is InChI=1S/C23H33N3O5S/c1-4-14-30-21-11-8-19(16-22(21)31-15-5-2)17(3)26-23(27)25-13-12-18-6-9-20(10-7-18)32(24,28)29/h6-11,16-17H,4-5,12-15H2,1-3H3,(H2,24,28,29)(H2,25,26,27)/t17-/m0/s1. The summed E-state index contributed by atoms with van der Waals surface area (Å²) in [5.74, 6) is 1.38. The van der Waals surface area contributed by atoms with Crippen molar-refractivity contribution in [2.45, 2.75) is 51.0 Å². The van der Waals surface area contributed by atoms with Crippen LogP contribution in [-0.4, -0.2) is 34.2 Å². The molecule has 0 fully saturated rings. The maximum Gasteiger partial charge on any atom is 0.315 e. The summed E-state index contributed by atoms with van der Waals surface area (Å²) < 4.78 is 34.2. The predicted molar refractivity (Wildman–Crippen MR) is 124 cm³/mol. The van der Waals surface area contributed by atoms with Gasteiger partial charge >= 0.3 is 6.03 Å². The molecule has 0 radical (unpaired) electrons. The van der Waals surface area contributed by atoms with Crippen LogP contribution in [-0.2, 0) is 16.4 Å². The second kappa shape index (κ2) is 12.3. The second-order valence-electron chi connectivity index (χ2n) is 7.46. The molecule has 0 saturated carbocycles. The molecular formula is C23H33N3O5S. The summed E-state index contributed by atoms with van der Waals surface area (Å²) in [5, 5.41) is 10.8. The molecule has 0 aliphatic heterocycles. The van der Waals surface area contributed by atoms with Gasteiger partial charge in [0.05, 0.1) is 24.2 Å². The minimum absolute atomic E-state index is 0.0641. The van der Waals surface area contributed by atoms with Crippen molar-refractivity contribution >= 4 is 16.1 Å². The highest BCUT2D eigenvalue weighted by molar-refractivity contribution is 7.89. The van der Waals surface area contributed by atoms with Gasteiger partial charge in [-0.05, 0) is 61.6 Å². The van der Waals surface area contributed by atoms with Crippen LogP contribution in [0, 0.1) is 0 Å². The van der Waals surface area contributed by atoms with Crippen molar-refractivity contribution in [3.63, 3.8) is 0 Å². The molecule has 2 aromatic rings. The molecule has 0 spiro atoms. The Bertz CT molecular complexity index is 978. The van der Waals surface area contributed by atoms with Gasteiger partial charge in [0.1, 0.15) is 0 Å². The Labute approximate surface area is 190 Å². The number of hydrogen-bond acceptors (Lipinski definition) is 5. The van der Waals surface area contributed by atoms with Crippen LogP contribution in [0.4, 0.5) is 4.79 Å². The van der Waals surface area contributed by atoms with E-state index in [0.717, 1.165) is 24.0 Å². The van der Waals surface area contributed by atoms with E-state index in [9.17, 15) is 13.2 Å². The number of amides is 2. The summed E-state index contributed by atoms with van der Waals surface area (Å²) in [7, 11) is -3.71. The highest BCUT2D eigenvalue weighted by Gasteiger charge is 2.14. The van der Waals surface area contributed by atoms with Crippen molar-refractivity contribution < 1.29 is 22.7 Å². The Hall–Kier alpha value is -2.78. The van der Waals surface area contributed by atoms with E-state index in [-0.39, 0.29) is 17.0 Å². The largest absolute Gasteiger partial charge is 0.490 e. The molecule has 9 heteroatoms. The fourth-order valence-corrected chi connectivity index (χ4v) is 3.46. The zero-order valence-corrected chi connectivity index (χ0v) is 19.7. The first kappa shape index (κ1) is 25.5. The molecule has 2 aromatic carbocycles. The second-order valence-corrected chi connectivity index (χ2v) is 9.03. The lowest BCUT2D eigenvalue weighted by atomic mass is 10.1. The van der Waals surface area contributed by atoms with E-state index in [0.29, 0.717) is 37.7 Å². The quantitative estimate of drug-likeness (QED) is 0.445. The van der Waals surface area contributed by atoms with Gasteiger partial charge in [-0.1, -0.05) is 32.0 Å². The average molecular weight is 464 g/mol. The van der Waals surface area contributed by atoms with Crippen LogP contribution in [0.25, 0.3) is 0 Å². The number of rotatable bonds is 12. The first-order valence-electron chi connectivity index (χ1n) is 10.8. The number of sulfonamides is 1. The van der Waals surface area contributed by atoms with Crippen LogP contribution in [0.1, 0.15) is 50.8 Å². The third-order valence-corrected chi connectivity index (χ3v) is 5.62. The zero-order chi connectivity index (χ0) is 23.6. The van der Waals surface area contributed by atoms with E-state index >= 15 is 0 Å². The monoisotopic (exact) mass is 463 g/mol. The topological polar surface area (TPSA) is 120 Å². The van der Waals surface area contributed by atoms with Crippen molar-refractivity contribution in [2.24, 2.45) is 5.14 Å². The lowest BCUT2D eigenvalue weighted by molar-refractivity contribution is 0.238. The Kier molecular flexibility index (Phi) is 9.80. The van der Waals surface area contributed by atoms with Crippen LogP contribution in [0.2, 0.25) is 0 Å².